The van der Waals surface area contributed by atoms with Crippen LogP contribution >= 0.6 is 11.6 Å². The molecular weight excluding hydrogens is 439 g/mol. The van der Waals surface area contributed by atoms with Gasteiger partial charge in [-0.2, -0.15) is 23.2 Å². The molecule has 1 aromatic carbocycles. The van der Waals surface area contributed by atoms with Gasteiger partial charge in [-0.1, -0.05) is 48.9 Å². The Balaban J connectivity index is 2.42. The van der Waals surface area contributed by atoms with Crippen LogP contribution in [-0.4, -0.2) is 58.7 Å². The van der Waals surface area contributed by atoms with E-state index in [2.05, 4.69) is 4.98 Å². The zero-order valence-corrected chi connectivity index (χ0v) is 17.7. The molecule has 2 amide bonds. The molecule has 0 saturated carbocycles. The van der Waals surface area contributed by atoms with Gasteiger partial charge in [0, 0.05) is 25.7 Å². The maximum Gasteiger partial charge on any atom is 0.430 e. The molecule has 0 aliphatic carbocycles. The largest absolute Gasteiger partial charge is 0.430 e. The Morgan fingerprint density at radius 3 is 2.23 bits per heavy atom. The second kappa shape index (κ2) is 9.52. The van der Waals surface area contributed by atoms with Gasteiger partial charge in [-0.15, -0.1) is 0 Å². The lowest BCUT2D eigenvalue weighted by atomic mass is 9.92. The first-order valence-electron chi connectivity index (χ1n) is 9.16. The Morgan fingerprint density at radius 2 is 1.74 bits per heavy atom. The second-order valence-corrected chi connectivity index (χ2v) is 7.12. The molecule has 1 atom stereocenters. The van der Waals surface area contributed by atoms with E-state index in [4.69, 9.17) is 16.4 Å². The van der Waals surface area contributed by atoms with Crippen LogP contribution in [0.25, 0.3) is 0 Å². The van der Waals surface area contributed by atoms with E-state index in [0.717, 1.165) is 12.1 Å². The predicted molar refractivity (Wildman–Crippen MR) is 106 cm³/mol. The summed E-state index contributed by atoms with van der Waals surface area (Å²) in [6.45, 7) is 1.33. The van der Waals surface area contributed by atoms with Crippen LogP contribution in [0.15, 0.2) is 42.5 Å². The van der Waals surface area contributed by atoms with Crippen molar-refractivity contribution in [3.05, 3.63) is 58.7 Å². The fraction of sp³-hybridized carbons (Fsp3) is 0.350. The Bertz CT molecular complexity index is 941. The molecule has 2 aromatic rings. The van der Waals surface area contributed by atoms with Gasteiger partial charge in [0.15, 0.2) is 0 Å². The van der Waals surface area contributed by atoms with Gasteiger partial charge in [-0.25, -0.2) is 0 Å². The Hall–Kier alpha value is -2.85. The van der Waals surface area contributed by atoms with E-state index in [1.165, 1.54) is 49.3 Å². The summed E-state index contributed by atoms with van der Waals surface area (Å²) in [4.78, 5) is 35.3. The molecule has 0 spiro atoms. The molecule has 1 N–H and O–H groups in total. The number of pyridine rings is 1. The van der Waals surface area contributed by atoms with Crippen LogP contribution < -0.4 is 4.84 Å². The number of hydrogen-bond donors (Lipinski definition) is 1. The van der Waals surface area contributed by atoms with Crippen LogP contribution in [0.5, 0.6) is 5.88 Å². The summed E-state index contributed by atoms with van der Waals surface area (Å²) in [7, 11) is 3.01. The highest BCUT2D eigenvalue weighted by Gasteiger charge is 2.62. The van der Waals surface area contributed by atoms with E-state index in [0.29, 0.717) is 5.06 Å². The molecule has 0 aliphatic rings. The molecular formula is C20H21ClF3N3O4. The Morgan fingerprint density at radius 1 is 1.13 bits per heavy atom. The summed E-state index contributed by atoms with van der Waals surface area (Å²) in [5.74, 6) is -2.50. The fourth-order valence-corrected chi connectivity index (χ4v) is 2.87. The topological polar surface area (TPSA) is 83.0 Å². The first-order valence-corrected chi connectivity index (χ1v) is 9.54. The monoisotopic (exact) mass is 459 g/mol. The molecule has 0 bridgehead atoms. The standard InChI is InChI=1S/C20H21ClF3N3O4/c1-4-12-27(31-15-11-10-14(16(21)25-15)17(28)26(2)3)18(29)19(30,20(22,23)24)13-8-6-5-7-9-13/h5-11,30H,4,12H2,1-3H3. The van der Waals surface area contributed by atoms with Crippen molar-refractivity contribution >= 4 is 23.4 Å². The molecule has 1 heterocycles. The molecule has 0 saturated heterocycles. The number of carbonyl (C=O) groups excluding carboxylic acids is 2. The number of amides is 2. The number of hydroxylamine groups is 2. The van der Waals surface area contributed by atoms with Crippen molar-refractivity contribution in [1.82, 2.24) is 14.9 Å². The highest BCUT2D eigenvalue weighted by molar-refractivity contribution is 6.32. The minimum absolute atomic E-state index is 0.0449. The van der Waals surface area contributed by atoms with E-state index in [9.17, 15) is 27.9 Å². The number of aromatic nitrogens is 1. The highest BCUT2D eigenvalue weighted by atomic mass is 35.5. The predicted octanol–water partition coefficient (Wildman–Crippen LogP) is 3.42. The summed E-state index contributed by atoms with van der Waals surface area (Å²) < 4.78 is 41.5. The second-order valence-electron chi connectivity index (χ2n) is 6.76. The molecule has 168 valence electrons. The highest BCUT2D eigenvalue weighted by Crippen LogP contribution is 2.40. The third-order valence-electron chi connectivity index (χ3n) is 4.23. The zero-order chi connectivity index (χ0) is 23.4. The molecule has 11 heteroatoms. The van der Waals surface area contributed by atoms with E-state index >= 15 is 0 Å². The van der Waals surface area contributed by atoms with E-state index in [1.54, 1.807) is 6.92 Å². The first-order chi connectivity index (χ1) is 14.4. The average Bonchev–Trinajstić information content (AvgIpc) is 2.71. The number of halogens is 4. The van der Waals surface area contributed by atoms with Gasteiger partial charge in [-0.05, 0) is 12.5 Å². The molecule has 7 nitrogen and oxygen atoms in total. The Labute approximate surface area is 181 Å². The number of benzene rings is 1. The lowest BCUT2D eigenvalue weighted by Crippen LogP contribution is -2.56. The third-order valence-corrected chi connectivity index (χ3v) is 4.52. The van der Waals surface area contributed by atoms with Crippen molar-refractivity contribution in [2.75, 3.05) is 20.6 Å². The van der Waals surface area contributed by atoms with Crippen LogP contribution in [0.4, 0.5) is 13.2 Å². The third kappa shape index (κ3) is 5.08. The van der Waals surface area contributed by atoms with Crippen LogP contribution in [-0.2, 0) is 10.4 Å². The lowest BCUT2D eigenvalue weighted by molar-refractivity contribution is -0.271. The van der Waals surface area contributed by atoms with Crippen LogP contribution in [0.1, 0.15) is 29.3 Å². The summed E-state index contributed by atoms with van der Waals surface area (Å²) in [6, 6.07) is 8.44. The van der Waals surface area contributed by atoms with E-state index < -0.39 is 29.2 Å². The van der Waals surface area contributed by atoms with Gasteiger partial charge in [0.1, 0.15) is 5.15 Å². The molecule has 31 heavy (non-hydrogen) atoms. The van der Waals surface area contributed by atoms with E-state index in [1.807, 2.05) is 0 Å². The summed E-state index contributed by atoms with van der Waals surface area (Å²) in [6.07, 6.45) is -5.10. The number of alkyl halides is 3. The number of hydrogen-bond acceptors (Lipinski definition) is 5. The molecule has 0 fully saturated rings. The number of aliphatic hydroxyl groups is 1. The fourth-order valence-electron chi connectivity index (χ4n) is 2.64. The average molecular weight is 460 g/mol. The number of nitrogens with zero attached hydrogens (tertiary/aromatic N) is 3. The van der Waals surface area contributed by atoms with E-state index in [-0.39, 0.29) is 29.6 Å². The molecule has 0 radical (unpaired) electrons. The SMILES string of the molecule is CCCN(Oc1ccc(C(=O)N(C)C)c(Cl)n1)C(=O)C(O)(c1ccccc1)C(F)(F)F. The number of rotatable bonds is 7. The quantitative estimate of drug-likeness (QED) is 0.507. The normalized spacial score (nSPS) is 13.3. The maximum absolute atomic E-state index is 13.8. The zero-order valence-electron chi connectivity index (χ0n) is 17.0. The van der Waals surface area contributed by atoms with Crippen LogP contribution in [0, 0.1) is 0 Å². The van der Waals surface area contributed by atoms with Gasteiger partial charge >= 0.3 is 12.1 Å². The van der Waals surface area contributed by atoms with Crippen LogP contribution in [0.2, 0.25) is 5.15 Å². The smallest absolute Gasteiger partial charge is 0.368 e. The van der Waals surface area contributed by atoms with Crippen molar-refractivity contribution in [1.29, 1.82) is 0 Å². The first kappa shape index (κ1) is 24.4. The van der Waals surface area contributed by atoms with Gasteiger partial charge in [-0.3, -0.25) is 9.59 Å². The van der Waals surface area contributed by atoms with Crippen molar-refractivity contribution in [3.8, 4) is 5.88 Å². The number of carbonyl (C=O) groups is 2. The molecule has 1 unspecified atom stereocenters. The lowest BCUT2D eigenvalue weighted by Gasteiger charge is -2.33. The molecule has 1 aromatic heterocycles. The van der Waals surface area contributed by atoms with Crippen molar-refractivity contribution in [3.63, 3.8) is 0 Å². The van der Waals surface area contributed by atoms with Crippen molar-refractivity contribution < 1.29 is 32.7 Å². The van der Waals surface area contributed by atoms with Crippen molar-refractivity contribution in [2.45, 2.75) is 25.1 Å². The minimum Gasteiger partial charge on any atom is -0.368 e. The maximum atomic E-state index is 13.8. The molecule has 0 aliphatic heterocycles. The summed E-state index contributed by atoms with van der Waals surface area (Å²) in [5.41, 5.74) is -4.45. The van der Waals surface area contributed by atoms with Gasteiger partial charge in [0.2, 0.25) is 5.88 Å². The Kier molecular flexibility index (Phi) is 7.50. The van der Waals surface area contributed by atoms with Gasteiger partial charge in [0.25, 0.3) is 11.5 Å². The van der Waals surface area contributed by atoms with Crippen molar-refractivity contribution in [2.24, 2.45) is 0 Å². The summed E-state index contributed by atoms with van der Waals surface area (Å²) >= 11 is 6.00. The minimum atomic E-state index is -5.33. The molecule has 2 rings (SSSR count). The van der Waals surface area contributed by atoms with Gasteiger partial charge in [0.05, 0.1) is 12.1 Å². The van der Waals surface area contributed by atoms with Gasteiger partial charge < -0.3 is 14.8 Å². The van der Waals surface area contributed by atoms with Crippen LogP contribution in [0.3, 0.4) is 0 Å². The summed E-state index contributed by atoms with van der Waals surface area (Å²) in [5, 5.41) is 10.6.